The van der Waals surface area contributed by atoms with Crippen LogP contribution in [-0.4, -0.2) is 58.1 Å². The maximum atomic E-state index is 5.75. The number of guanidine groups is 1. The summed E-state index contributed by atoms with van der Waals surface area (Å²) < 4.78 is 16.1. The van der Waals surface area contributed by atoms with Gasteiger partial charge in [-0.3, -0.25) is 4.99 Å². The highest BCUT2D eigenvalue weighted by Crippen LogP contribution is 2.14. The van der Waals surface area contributed by atoms with E-state index in [9.17, 15) is 0 Å². The smallest absolute Gasteiger partial charge is 0.218 e. The maximum absolute atomic E-state index is 5.75. The Morgan fingerprint density at radius 1 is 1.16 bits per heavy atom. The van der Waals surface area contributed by atoms with Crippen molar-refractivity contribution >= 4 is 5.96 Å². The Kier molecular flexibility index (Phi) is 12.3. The summed E-state index contributed by atoms with van der Waals surface area (Å²) in [5.74, 6) is 1.44. The van der Waals surface area contributed by atoms with Crippen molar-refractivity contribution in [1.29, 1.82) is 0 Å². The summed E-state index contributed by atoms with van der Waals surface area (Å²) in [6, 6.07) is 3.93. The van der Waals surface area contributed by atoms with Crippen LogP contribution < -0.4 is 15.4 Å². The summed E-state index contributed by atoms with van der Waals surface area (Å²) in [5, 5.41) is 6.55. The van der Waals surface area contributed by atoms with Gasteiger partial charge in [0.05, 0.1) is 19.8 Å². The molecule has 7 heteroatoms. The molecule has 0 aliphatic rings. The van der Waals surface area contributed by atoms with Crippen LogP contribution >= 0.6 is 0 Å². The Morgan fingerprint density at radius 3 is 2.80 bits per heavy atom. The molecule has 0 amide bonds. The van der Waals surface area contributed by atoms with Crippen molar-refractivity contribution in [2.75, 3.05) is 47.1 Å². The van der Waals surface area contributed by atoms with Crippen molar-refractivity contribution in [2.24, 2.45) is 4.99 Å². The predicted molar refractivity (Wildman–Crippen MR) is 100 cm³/mol. The highest BCUT2D eigenvalue weighted by atomic mass is 16.5. The lowest BCUT2D eigenvalue weighted by Gasteiger charge is -2.14. The van der Waals surface area contributed by atoms with Gasteiger partial charge in [0.25, 0.3) is 0 Å². The number of hydrogen-bond donors (Lipinski definition) is 2. The molecule has 0 atom stereocenters. The normalized spacial score (nSPS) is 11.4. The lowest BCUT2D eigenvalue weighted by molar-refractivity contribution is 0.0698. The first-order valence-corrected chi connectivity index (χ1v) is 8.89. The van der Waals surface area contributed by atoms with E-state index in [0.29, 0.717) is 38.9 Å². The minimum Gasteiger partial charge on any atom is -0.477 e. The van der Waals surface area contributed by atoms with Crippen molar-refractivity contribution in [3.05, 3.63) is 23.9 Å². The molecule has 0 fully saturated rings. The summed E-state index contributed by atoms with van der Waals surface area (Å²) in [5.41, 5.74) is 1.02. The van der Waals surface area contributed by atoms with Crippen LogP contribution in [0, 0.1) is 0 Å². The van der Waals surface area contributed by atoms with E-state index in [1.165, 1.54) is 0 Å². The van der Waals surface area contributed by atoms with Crippen LogP contribution in [0.3, 0.4) is 0 Å². The Balaban J connectivity index is 2.30. The zero-order chi connectivity index (χ0) is 18.2. The quantitative estimate of drug-likeness (QED) is 0.321. The number of unbranched alkanes of at least 4 members (excludes halogenated alkanes) is 1. The number of hydrogen-bond acceptors (Lipinski definition) is 5. The van der Waals surface area contributed by atoms with Crippen molar-refractivity contribution in [1.82, 2.24) is 15.6 Å². The summed E-state index contributed by atoms with van der Waals surface area (Å²) in [6.45, 7) is 6.19. The lowest BCUT2D eigenvalue weighted by Crippen LogP contribution is -2.37. The van der Waals surface area contributed by atoms with E-state index < -0.39 is 0 Å². The second-order valence-corrected chi connectivity index (χ2v) is 5.48. The Labute approximate surface area is 151 Å². The molecule has 0 bridgehead atoms. The second kappa shape index (κ2) is 14.5. The van der Waals surface area contributed by atoms with Gasteiger partial charge < -0.3 is 24.8 Å². The number of methoxy groups -OCH3 is 1. The molecule has 2 N–H and O–H groups in total. The number of nitrogens with one attached hydrogen (secondary N) is 2. The number of pyridine rings is 1. The van der Waals surface area contributed by atoms with Crippen LogP contribution in [0.15, 0.2) is 23.3 Å². The topological polar surface area (TPSA) is 77.0 Å². The average molecular weight is 352 g/mol. The summed E-state index contributed by atoms with van der Waals surface area (Å²) in [6.07, 6.45) is 4.79. The number of aromatic nitrogens is 1. The van der Waals surface area contributed by atoms with Crippen LogP contribution in [0.5, 0.6) is 5.88 Å². The number of aliphatic imine (C=N–C) groups is 1. The molecule has 1 aromatic heterocycles. The van der Waals surface area contributed by atoms with E-state index >= 15 is 0 Å². The minimum absolute atomic E-state index is 0.610. The van der Waals surface area contributed by atoms with E-state index in [0.717, 1.165) is 37.3 Å². The molecular formula is C18H32N4O3. The Hall–Kier alpha value is -1.86. The molecule has 1 rings (SSSR count). The van der Waals surface area contributed by atoms with Crippen LogP contribution in [0.1, 0.15) is 31.7 Å². The first kappa shape index (κ1) is 21.2. The number of rotatable bonds is 13. The molecule has 0 unspecified atom stereocenters. The van der Waals surface area contributed by atoms with E-state index in [-0.39, 0.29) is 0 Å². The van der Waals surface area contributed by atoms with Gasteiger partial charge in [-0.25, -0.2) is 4.98 Å². The molecule has 1 aromatic rings. The van der Waals surface area contributed by atoms with Gasteiger partial charge in [-0.05, 0) is 18.9 Å². The first-order valence-electron chi connectivity index (χ1n) is 8.89. The fraction of sp³-hybridized carbons (Fsp3) is 0.667. The van der Waals surface area contributed by atoms with Crippen LogP contribution in [0.2, 0.25) is 0 Å². The predicted octanol–water partition coefficient (Wildman–Crippen LogP) is 1.98. The summed E-state index contributed by atoms with van der Waals surface area (Å²) in [7, 11) is 3.43. The molecule has 0 radical (unpaired) electrons. The van der Waals surface area contributed by atoms with Gasteiger partial charge >= 0.3 is 0 Å². The van der Waals surface area contributed by atoms with Gasteiger partial charge in [0.15, 0.2) is 5.96 Å². The van der Waals surface area contributed by atoms with Gasteiger partial charge in [0.2, 0.25) is 5.88 Å². The molecule has 0 spiro atoms. The lowest BCUT2D eigenvalue weighted by atomic mass is 10.2. The first-order chi connectivity index (χ1) is 12.3. The van der Waals surface area contributed by atoms with Crippen molar-refractivity contribution in [2.45, 2.75) is 32.7 Å². The Morgan fingerprint density at radius 2 is 2.04 bits per heavy atom. The van der Waals surface area contributed by atoms with E-state index in [1.807, 2.05) is 12.1 Å². The molecule has 0 aliphatic carbocycles. The molecule has 25 heavy (non-hydrogen) atoms. The Bertz CT molecular complexity index is 483. The van der Waals surface area contributed by atoms with Gasteiger partial charge in [-0.2, -0.15) is 0 Å². The molecule has 142 valence electrons. The van der Waals surface area contributed by atoms with Crippen LogP contribution in [0.25, 0.3) is 0 Å². The fourth-order valence-corrected chi connectivity index (χ4v) is 2.03. The van der Waals surface area contributed by atoms with Crippen molar-refractivity contribution < 1.29 is 14.2 Å². The van der Waals surface area contributed by atoms with E-state index in [4.69, 9.17) is 14.2 Å². The third-order valence-corrected chi connectivity index (χ3v) is 3.45. The summed E-state index contributed by atoms with van der Waals surface area (Å²) in [4.78, 5) is 8.54. The molecular weight excluding hydrogens is 320 g/mol. The van der Waals surface area contributed by atoms with Crippen molar-refractivity contribution in [3.8, 4) is 5.88 Å². The van der Waals surface area contributed by atoms with Crippen LogP contribution in [0.4, 0.5) is 0 Å². The third-order valence-electron chi connectivity index (χ3n) is 3.45. The molecule has 0 aliphatic heterocycles. The zero-order valence-electron chi connectivity index (χ0n) is 15.7. The highest BCUT2D eigenvalue weighted by Gasteiger charge is 2.05. The van der Waals surface area contributed by atoms with Gasteiger partial charge in [0, 0.05) is 45.6 Å². The molecule has 7 nitrogen and oxygen atoms in total. The van der Waals surface area contributed by atoms with Crippen LogP contribution in [-0.2, 0) is 16.0 Å². The third kappa shape index (κ3) is 9.89. The molecule has 0 aromatic carbocycles. The van der Waals surface area contributed by atoms with Gasteiger partial charge in [-0.15, -0.1) is 0 Å². The minimum atomic E-state index is 0.610. The standard InChI is InChI=1S/C18H32N4O3/c1-4-5-12-25-17-16(8-6-9-20-17)15-22-18(19-2)21-10-7-11-24-14-13-23-3/h6,8-9H,4-5,7,10-15H2,1-3H3,(H2,19,21,22). The summed E-state index contributed by atoms with van der Waals surface area (Å²) >= 11 is 0. The number of nitrogens with zero attached hydrogens (tertiary/aromatic N) is 2. The number of ether oxygens (including phenoxy) is 3. The van der Waals surface area contributed by atoms with Gasteiger partial charge in [0.1, 0.15) is 0 Å². The van der Waals surface area contributed by atoms with Gasteiger partial charge in [-0.1, -0.05) is 19.4 Å². The fourth-order valence-electron chi connectivity index (χ4n) is 2.03. The molecule has 0 saturated heterocycles. The second-order valence-electron chi connectivity index (χ2n) is 5.48. The molecule has 1 heterocycles. The average Bonchev–Trinajstić information content (AvgIpc) is 2.64. The van der Waals surface area contributed by atoms with Crippen molar-refractivity contribution in [3.63, 3.8) is 0 Å². The molecule has 0 saturated carbocycles. The largest absolute Gasteiger partial charge is 0.477 e. The maximum Gasteiger partial charge on any atom is 0.218 e. The van der Waals surface area contributed by atoms with E-state index in [2.05, 4.69) is 27.5 Å². The SMILES string of the molecule is CCCCOc1ncccc1CNC(=NC)NCCCOCCOC. The van der Waals surface area contributed by atoms with E-state index in [1.54, 1.807) is 20.4 Å². The monoisotopic (exact) mass is 352 g/mol. The zero-order valence-corrected chi connectivity index (χ0v) is 15.7. The highest BCUT2D eigenvalue weighted by molar-refractivity contribution is 5.79.